The molecule has 3 aliphatic rings. The van der Waals surface area contributed by atoms with Crippen LogP contribution in [0.2, 0.25) is 0 Å². The van der Waals surface area contributed by atoms with E-state index >= 15 is 0 Å². The van der Waals surface area contributed by atoms with Crippen molar-refractivity contribution < 1.29 is 29.3 Å². The Labute approximate surface area is 216 Å². The second-order valence-electron chi connectivity index (χ2n) is 13.7. The lowest BCUT2D eigenvalue weighted by atomic mass is 9.39. The van der Waals surface area contributed by atoms with Crippen molar-refractivity contribution in [1.82, 2.24) is 0 Å². The Morgan fingerprint density at radius 2 is 1.69 bits per heavy atom. The zero-order chi connectivity index (χ0) is 27.6. The number of allylic oxidation sites excluding steroid dienone is 4. The molecule has 1 heterocycles. The molecule has 0 aromatic carbocycles. The number of ketones is 3. The van der Waals surface area contributed by atoms with Gasteiger partial charge in [0.15, 0.2) is 22.8 Å². The van der Waals surface area contributed by atoms with Crippen molar-refractivity contribution >= 4 is 17.3 Å². The van der Waals surface area contributed by atoms with Crippen molar-refractivity contribution in [1.29, 1.82) is 0 Å². The molecule has 2 N–H and O–H groups in total. The number of hydrogen-bond donors (Lipinski definition) is 2. The first-order valence-electron chi connectivity index (χ1n) is 13.4. The minimum Gasteiger partial charge on any atom is -0.490 e. The SMILES string of the molecule is CC(C)=CC[C@H]1C[C@]23C[C@H](C(C)(C)O)OC2=C(CCC(C)(C)O)C(=O)[C@@](C(=O)C(C)C)(C3=O)C1(C)C. The van der Waals surface area contributed by atoms with Crippen LogP contribution in [0.1, 0.15) is 101 Å². The van der Waals surface area contributed by atoms with Crippen molar-refractivity contribution in [2.24, 2.45) is 28.1 Å². The fraction of sp³-hybridized carbons (Fsp3) is 0.767. The summed E-state index contributed by atoms with van der Waals surface area (Å²) in [6.07, 6.45) is 3.25. The Morgan fingerprint density at radius 1 is 1.11 bits per heavy atom. The normalized spacial score (nSPS) is 31.9. The summed E-state index contributed by atoms with van der Waals surface area (Å²) in [7, 11) is 0. The molecule has 6 heteroatoms. The van der Waals surface area contributed by atoms with E-state index in [4.69, 9.17) is 4.74 Å². The second-order valence-corrected chi connectivity index (χ2v) is 13.7. The molecule has 202 valence electrons. The van der Waals surface area contributed by atoms with Gasteiger partial charge in [-0.1, -0.05) is 39.3 Å². The minimum absolute atomic E-state index is 0.119. The number of Topliss-reactive ketones (excluding diaryl/α,β-unsaturated/α-hetero) is 3. The maximum absolute atomic E-state index is 14.7. The first-order valence-corrected chi connectivity index (χ1v) is 13.4. The number of ether oxygens (including phenoxy) is 1. The molecule has 1 saturated heterocycles. The van der Waals surface area contributed by atoms with Gasteiger partial charge in [-0.15, -0.1) is 0 Å². The van der Waals surface area contributed by atoms with Crippen LogP contribution in [0.4, 0.5) is 0 Å². The number of aliphatic hydroxyl groups is 2. The third-order valence-electron chi connectivity index (χ3n) is 8.95. The Hall–Kier alpha value is -1.79. The summed E-state index contributed by atoms with van der Waals surface area (Å²) in [6.45, 7) is 18.0. The van der Waals surface area contributed by atoms with Crippen molar-refractivity contribution in [3.63, 3.8) is 0 Å². The highest BCUT2D eigenvalue weighted by Crippen LogP contribution is 2.68. The van der Waals surface area contributed by atoms with Gasteiger partial charge in [-0.2, -0.15) is 0 Å². The van der Waals surface area contributed by atoms with E-state index in [9.17, 15) is 24.6 Å². The molecule has 1 spiro atoms. The van der Waals surface area contributed by atoms with E-state index in [1.54, 1.807) is 41.5 Å². The molecule has 0 amide bonds. The van der Waals surface area contributed by atoms with Gasteiger partial charge < -0.3 is 14.9 Å². The molecular formula is C30H46O6. The maximum atomic E-state index is 14.7. The van der Waals surface area contributed by atoms with Gasteiger partial charge in [0.2, 0.25) is 0 Å². The summed E-state index contributed by atoms with van der Waals surface area (Å²) < 4.78 is 6.33. The van der Waals surface area contributed by atoms with Crippen molar-refractivity contribution in [2.75, 3.05) is 0 Å². The number of fused-ring (bicyclic) bond motifs is 1. The van der Waals surface area contributed by atoms with E-state index in [0.29, 0.717) is 24.2 Å². The molecule has 36 heavy (non-hydrogen) atoms. The van der Waals surface area contributed by atoms with Crippen LogP contribution >= 0.6 is 0 Å². The van der Waals surface area contributed by atoms with Crippen LogP contribution in [0.25, 0.3) is 0 Å². The quantitative estimate of drug-likeness (QED) is 0.354. The Kier molecular flexibility index (Phi) is 7.12. The predicted octanol–water partition coefficient (Wildman–Crippen LogP) is 5.10. The monoisotopic (exact) mass is 502 g/mol. The van der Waals surface area contributed by atoms with E-state index in [1.807, 2.05) is 27.7 Å². The van der Waals surface area contributed by atoms with Crippen LogP contribution < -0.4 is 0 Å². The lowest BCUT2D eigenvalue weighted by molar-refractivity contribution is -0.176. The zero-order valence-corrected chi connectivity index (χ0v) is 23.9. The van der Waals surface area contributed by atoms with Gasteiger partial charge >= 0.3 is 0 Å². The molecule has 0 unspecified atom stereocenters. The van der Waals surface area contributed by atoms with Gasteiger partial charge in [-0.25, -0.2) is 0 Å². The van der Waals surface area contributed by atoms with E-state index in [2.05, 4.69) is 6.08 Å². The zero-order valence-electron chi connectivity index (χ0n) is 23.9. The predicted molar refractivity (Wildman–Crippen MR) is 139 cm³/mol. The summed E-state index contributed by atoms with van der Waals surface area (Å²) >= 11 is 0. The van der Waals surface area contributed by atoms with Gasteiger partial charge in [-0.3, -0.25) is 14.4 Å². The van der Waals surface area contributed by atoms with Gasteiger partial charge in [0, 0.05) is 17.9 Å². The maximum Gasteiger partial charge on any atom is 0.183 e. The lowest BCUT2D eigenvalue weighted by Crippen LogP contribution is -2.69. The smallest absolute Gasteiger partial charge is 0.183 e. The van der Waals surface area contributed by atoms with E-state index < -0.39 is 45.3 Å². The molecule has 0 radical (unpaired) electrons. The molecule has 4 atom stereocenters. The number of carbonyl (C=O) groups is 3. The van der Waals surface area contributed by atoms with E-state index in [0.717, 1.165) is 5.57 Å². The summed E-state index contributed by atoms with van der Waals surface area (Å²) in [5.74, 6) is -1.46. The Balaban J connectivity index is 2.37. The molecule has 2 bridgehead atoms. The average Bonchev–Trinajstić information content (AvgIpc) is 3.09. The fourth-order valence-corrected chi connectivity index (χ4v) is 6.67. The molecule has 2 aliphatic carbocycles. The van der Waals surface area contributed by atoms with Crippen molar-refractivity contribution in [3.8, 4) is 0 Å². The summed E-state index contributed by atoms with van der Waals surface area (Å²) in [4.78, 5) is 43.4. The molecule has 0 aromatic rings. The average molecular weight is 503 g/mol. The Bertz CT molecular complexity index is 1010. The summed E-state index contributed by atoms with van der Waals surface area (Å²) in [5, 5.41) is 21.4. The van der Waals surface area contributed by atoms with Crippen LogP contribution in [0.3, 0.4) is 0 Å². The lowest BCUT2D eigenvalue weighted by Gasteiger charge is -2.59. The van der Waals surface area contributed by atoms with Crippen molar-refractivity contribution in [3.05, 3.63) is 23.0 Å². The van der Waals surface area contributed by atoms with Crippen molar-refractivity contribution in [2.45, 2.75) is 119 Å². The molecule has 0 aromatic heterocycles. The van der Waals surface area contributed by atoms with Crippen LogP contribution in [-0.4, -0.2) is 44.9 Å². The Morgan fingerprint density at radius 3 is 2.17 bits per heavy atom. The summed E-state index contributed by atoms with van der Waals surface area (Å²) in [6, 6.07) is 0. The third kappa shape index (κ3) is 4.22. The molecular weight excluding hydrogens is 456 g/mol. The van der Waals surface area contributed by atoms with Crippen LogP contribution in [-0.2, 0) is 19.1 Å². The standard InChI is InChI=1S/C30H46O6/c1-17(2)11-12-19-15-29-16-21(28(9,10)35)36-24(29)20(13-14-26(5,6)34)23(32)30(25(29)33,27(19,7)8)22(31)18(3)4/h11,18-19,21,34-35H,12-16H2,1-10H3/t19-,21+,29-,30-/m0/s1. The first-order chi connectivity index (χ1) is 16.2. The summed E-state index contributed by atoms with van der Waals surface area (Å²) in [5.41, 5.74) is -4.69. The van der Waals surface area contributed by atoms with Gasteiger partial charge in [0.1, 0.15) is 11.9 Å². The number of rotatable bonds is 8. The molecule has 2 fully saturated rings. The first kappa shape index (κ1) is 28.8. The second kappa shape index (κ2) is 8.90. The van der Waals surface area contributed by atoms with Crippen LogP contribution in [0.15, 0.2) is 23.0 Å². The fourth-order valence-electron chi connectivity index (χ4n) is 6.67. The molecule has 1 saturated carbocycles. The highest BCUT2D eigenvalue weighted by atomic mass is 16.5. The largest absolute Gasteiger partial charge is 0.490 e. The number of hydrogen-bond acceptors (Lipinski definition) is 6. The minimum atomic E-state index is -1.82. The third-order valence-corrected chi connectivity index (χ3v) is 8.95. The van der Waals surface area contributed by atoms with Crippen LogP contribution in [0.5, 0.6) is 0 Å². The highest BCUT2D eigenvalue weighted by Gasteiger charge is 2.77. The topological polar surface area (TPSA) is 101 Å². The van der Waals surface area contributed by atoms with E-state index in [-0.39, 0.29) is 36.7 Å². The van der Waals surface area contributed by atoms with Gasteiger partial charge in [0.05, 0.1) is 16.6 Å². The highest BCUT2D eigenvalue weighted by molar-refractivity contribution is 6.33. The number of carbonyl (C=O) groups excluding carboxylic acids is 3. The van der Waals surface area contributed by atoms with Gasteiger partial charge in [-0.05, 0) is 78.6 Å². The molecule has 1 aliphatic heterocycles. The molecule has 3 rings (SSSR count). The molecule has 6 nitrogen and oxygen atoms in total. The van der Waals surface area contributed by atoms with E-state index in [1.165, 1.54) is 0 Å². The van der Waals surface area contributed by atoms with Gasteiger partial charge in [0.25, 0.3) is 0 Å². The van der Waals surface area contributed by atoms with Crippen LogP contribution in [0, 0.1) is 28.1 Å².